The zero-order valence-corrected chi connectivity index (χ0v) is 12.5. The summed E-state index contributed by atoms with van der Waals surface area (Å²) in [7, 11) is 0. The standard InChI is InChI=1S/C15H11BrN2O3/c16-10-3-1-9(2-4-10)7-14(19)18-12-6-5-11(17)8-13(12)21-15(18)20/h1-6,8H,7,17H2. The number of fused-ring (bicyclic) bond motifs is 1. The van der Waals surface area contributed by atoms with Crippen LogP contribution in [0.2, 0.25) is 0 Å². The first-order valence-electron chi connectivity index (χ1n) is 6.23. The molecule has 6 heteroatoms. The number of aromatic nitrogens is 1. The van der Waals surface area contributed by atoms with Crippen molar-refractivity contribution in [3.63, 3.8) is 0 Å². The van der Waals surface area contributed by atoms with Crippen molar-refractivity contribution in [1.82, 2.24) is 4.57 Å². The van der Waals surface area contributed by atoms with E-state index in [1.54, 1.807) is 12.1 Å². The fraction of sp³-hybridized carbons (Fsp3) is 0.0667. The summed E-state index contributed by atoms with van der Waals surface area (Å²) in [5, 5.41) is 0. The largest absolute Gasteiger partial charge is 0.426 e. The highest BCUT2D eigenvalue weighted by atomic mass is 79.9. The van der Waals surface area contributed by atoms with Crippen LogP contribution in [0.1, 0.15) is 10.4 Å². The maximum Gasteiger partial charge on any atom is 0.426 e. The second-order valence-corrected chi connectivity index (χ2v) is 5.54. The third-order valence-corrected chi connectivity index (χ3v) is 3.65. The lowest BCUT2D eigenvalue weighted by Crippen LogP contribution is -2.24. The Labute approximate surface area is 128 Å². The quantitative estimate of drug-likeness (QED) is 0.723. The molecule has 0 radical (unpaired) electrons. The van der Waals surface area contributed by atoms with E-state index in [0.717, 1.165) is 14.6 Å². The Balaban J connectivity index is 2.00. The summed E-state index contributed by atoms with van der Waals surface area (Å²) in [5.41, 5.74) is 7.67. The fourth-order valence-electron chi connectivity index (χ4n) is 2.13. The summed E-state index contributed by atoms with van der Waals surface area (Å²) in [5.74, 6) is -1.04. The van der Waals surface area contributed by atoms with Crippen molar-refractivity contribution in [2.75, 3.05) is 5.73 Å². The summed E-state index contributed by atoms with van der Waals surface area (Å²) >= 11 is 3.33. The monoisotopic (exact) mass is 346 g/mol. The predicted molar refractivity (Wildman–Crippen MR) is 83.4 cm³/mol. The van der Waals surface area contributed by atoms with Crippen LogP contribution in [-0.2, 0) is 6.42 Å². The van der Waals surface area contributed by atoms with Crippen LogP contribution >= 0.6 is 15.9 Å². The molecule has 1 heterocycles. The van der Waals surface area contributed by atoms with Gasteiger partial charge in [-0.15, -0.1) is 0 Å². The van der Waals surface area contributed by atoms with E-state index in [-0.39, 0.29) is 12.3 Å². The average Bonchev–Trinajstić information content (AvgIpc) is 2.76. The van der Waals surface area contributed by atoms with Crippen molar-refractivity contribution >= 4 is 38.6 Å². The molecule has 21 heavy (non-hydrogen) atoms. The van der Waals surface area contributed by atoms with Crippen molar-refractivity contribution in [3.05, 3.63) is 63.1 Å². The van der Waals surface area contributed by atoms with Crippen LogP contribution in [0.15, 0.2) is 56.1 Å². The molecule has 0 unspecified atom stereocenters. The van der Waals surface area contributed by atoms with Gasteiger partial charge >= 0.3 is 5.76 Å². The topological polar surface area (TPSA) is 78.2 Å². The van der Waals surface area contributed by atoms with Gasteiger partial charge < -0.3 is 10.2 Å². The highest BCUT2D eigenvalue weighted by Gasteiger charge is 2.16. The number of anilines is 1. The molecule has 3 aromatic rings. The Hall–Kier alpha value is -2.34. The van der Waals surface area contributed by atoms with Crippen LogP contribution in [0.4, 0.5) is 5.69 Å². The number of rotatable bonds is 2. The minimum absolute atomic E-state index is 0.117. The molecule has 1 aromatic heterocycles. The Bertz CT molecular complexity index is 878. The van der Waals surface area contributed by atoms with E-state index in [1.165, 1.54) is 6.07 Å². The molecule has 2 aromatic carbocycles. The van der Waals surface area contributed by atoms with Crippen LogP contribution in [0.3, 0.4) is 0 Å². The van der Waals surface area contributed by atoms with Crippen molar-refractivity contribution in [3.8, 4) is 0 Å². The number of nitrogens with zero attached hydrogens (tertiary/aromatic N) is 1. The molecule has 0 saturated heterocycles. The van der Waals surface area contributed by atoms with E-state index in [4.69, 9.17) is 10.2 Å². The number of carbonyl (C=O) groups is 1. The van der Waals surface area contributed by atoms with E-state index in [0.29, 0.717) is 16.8 Å². The zero-order chi connectivity index (χ0) is 15.0. The van der Waals surface area contributed by atoms with Crippen LogP contribution < -0.4 is 11.5 Å². The van der Waals surface area contributed by atoms with Gasteiger partial charge in [-0.05, 0) is 29.8 Å². The molecular formula is C15H11BrN2O3. The molecule has 2 N–H and O–H groups in total. The van der Waals surface area contributed by atoms with E-state index in [1.807, 2.05) is 24.3 Å². The molecule has 0 spiro atoms. The first-order chi connectivity index (χ1) is 10.0. The van der Waals surface area contributed by atoms with Crippen LogP contribution in [-0.4, -0.2) is 10.5 Å². The van der Waals surface area contributed by atoms with Crippen molar-refractivity contribution in [2.24, 2.45) is 0 Å². The number of benzene rings is 2. The summed E-state index contributed by atoms with van der Waals surface area (Å²) in [6.45, 7) is 0. The van der Waals surface area contributed by atoms with Gasteiger partial charge in [0.1, 0.15) is 0 Å². The SMILES string of the molecule is Nc1ccc2c(c1)oc(=O)n2C(=O)Cc1ccc(Br)cc1. The van der Waals surface area contributed by atoms with E-state index < -0.39 is 5.76 Å². The molecule has 5 nitrogen and oxygen atoms in total. The van der Waals surface area contributed by atoms with Crippen LogP contribution in [0.5, 0.6) is 0 Å². The normalized spacial score (nSPS) is 10.9. The Morgan fingerprint density at radius 3 is 2.62 bits per heavy atom. The van der Waals surface area contributed by atoms with Gasteiger partial charge in [0.15, 0.2) is 5.58 Å². The number of nitrogen functional groups attached to an aromatic ring is 1. The van der Waals surface area contributed by atoms with Crippen LogP contribution in [0.25, 0.3) is 11.1 Å². The summed E-state index contributed by atoms with van der Waals surface area (Å²) in [6.07, 6.45) is 0.117. The third kappa shape index (κ3) is 2.62. The second kappa shape index (κ2) is 5.21. The number of hydrogen-bond donors (Lipinski definition) is 1. The Morgan fingerprint density at radius 1 is 1.19 bits per heavy atom. The number of nitrogens with two attached hydrogens (primary N) is 1. The van der Waals surface area contributed by atoms with Crippen molar-refractivity contribution in [1.29, 1.82) is 0 Å². The van der Waals surface area contributed by atoms with Crippen molar-refractivity contribution in [2.45, 2.75) is 6.42 Å². The highest BCUT2D eigenvalue weighted by Crippen LogP contribution is 2.17. The first kappa shape index (κ1) is 13.6. The van der Waals surface area contributed by atoms with Crippen LogP contribution in [0, 0.1) is 0 Å². The third-order valence-electron chi connectivity index (χ3n) is 3.12. The first-order valence-corrected chi connectivity index (χ1v) is 7.02. The predicted octanol–water partition coefficient (Wildman–Crippen LogP) is 2.82. The Kier molecular flexibility index (Phi) is 3.39. The van der Waals surface area contributed by atoms with E-state index >= 15 is 0 Å². The molecule has 0 saturated carbocycles. The molecule has 0 aliphatic carbocycles. The van der Waals surface area contributed by atoms with E-state index in [2.05, 4.69) is 15.9 Å². The summed E-state index contributed by atoms with van der Waals surface area (Å²) in [6, 6.07) is 12.1. The number of hydrogen-bond acceptors (Lipinski definition) is 4. The van der Waals surface area contributed by atoms with Gasteiger partial charge in [0, 0.05) is 16.2 Å². The van der Waals surface area contributed by atoms with Crippen molar-refractivity contribution < 1.29 is 9.21 Å². The second-order valence-electron chi connectivity index (χ2n) is 4.63. The average molecular weight is 347 g/mol. The molecule has 0 aliphatic heterocycles. The lowest BCUT2D eigenvalue weighted by molar-refractivity contribution is 0.0910. The number of halogens is 1. The smallest absolute Gasteiger partial charge is 0.407 e. The molecule has 0 atom stereocenters. The maximum absolute atomic E-state index is 12.3. The highest BCUT2D eigenvalue weighted by molar-refractivity contribution is 9.10. The van der Waals surface area contributed by atoms with Gasteiger partial charge in [-0.2, -0.15) is 0 Å². The van der Waals surface area contributed by atoms with Gasteiger partial charge in [-0.25, -0.2) is 9.36 Å². The molecular weight excluding hydrogens is 336 g/mol. The Morgan fingerprint density at radius 2 is 1.90 bits per heavy atom. The van der Waals surface area contributed by atoms with E-state index in [9.17, 15) is 9.59 Å². The lowest BCUT2D eigenvalue weighted by atomic mass is 10.1. The maximum atomic E-state index is 12.3. The minimum atomic E-state index is -0.697. The lowest BCUT2D eigenvalue weighted by Gasteiger charge is -2.02. The summed E-state index contributed by atoms with van der Waals surface area (Å²) in [4.78, 5) is 24.2. The number of carbonyl (C=O) groups excluding carboxylic acids is 1. The van der Waals surface area contributed by atoms with Gasteiger partial charge in [0.05, 0.1) is 11.9 Å². The molecule has 3 rings (SSSR count). The van der Waals surface area contributed by atoms with Gasteiger partial charge in [0.25, 0.3) is 0 Å². The molecule has 0 aliphatic rings. The zero-order valence-electron chi connectivity index (χ0n) is 10.9. The molecule has 106 valence electrons. The minimum Gasteiger partial charge on any atom is -0.407 e. The molecule has 0 fully saturated rings. The van der Waals surface area contributed by atoms with Gasteiger partial charge in [0.2, 0.25) is 5.91 Å². The molecule has 0 amide bonds. The van der Waals surface area contributed by atoms with Gasteiger partial charge in [-0.1, -0.05) is 28.1 Å². The number of oxazole rings is 1. The molecule has 0 bridgehead atoms. The fourth-order valence-corrected chi connectivity index (χ4v) is 2.39. The van der Waals surface area contributed by atoms with Gasteiger partial charge in [-0.3, -0.25) is 4.79 Å². The summed E-state index contributed by atoms with van der Waals surface area (Å²) < 4.78 is 7.03.